The predicted octanol–water partition coefficient (Wildman–Crippen LogP) is 2.46. The Morgan fingerprint density at radius 3 is 2.71 bits per heavy atom. The standard InChI is InChI=1S/C15H23NO/c1-2-6-14(16-10-9-15(17)12-16)11-13-7-4-3-5-8-13/h3-5,7-8,14-15,17H,2,6,9-12H2,1H3. The fraction of sp³-hybridized carbons (Fsp3) is 0.600. The molecule has 2 rings (SSSR count). The van der Waals surface area contributed by atoms with Crippen molar-refractivity contribution in [2.75, 3.05) is 13.1 Å². The summed E-state index contributed by atoms with van der Waals surface area (Å²) in [6.07, 6.45) is 4.38. The Labute approximate surface area is 104 Å². The maximum absolute atomic E-state index is 9.64. The molecule has 1 aliphatic heterocycles. The van der Waals surface area contributed by atoms with Crippen LogP contribution in [0.25, 0.3) is 0 Å². The van der Waals surface area contributed by atoms with Crippen LogP contribution in [-0.2, 0) is 6.42 Å². The van der Waals surface area contributed by atoms with Crippen molar-refractivity contribution in [1.82, 2.24) is 4.90 Å². The minimum atomic E-state index is -0.106. The molecule has 1 fully saturated rings. The molecule has 94 valence electrons. The molecule has 1 aromatic carbocycles. The fourth-order valence-electron chi connectivity index (χ4n) is 2.73. The van der Waals surface area contributed by atoms with E-state index in [1.165, 1.54) is 18.4 Å². The molecule has 2 heteroatoms. The van der Waals surface area contributed by atoms with Crippen LogP contribution in [0, 0.1) is 0 Å². The first-order chi connectivity index (χ1) is 8.29. The van der Waals surface area contributed by atoms with Gasteiger partial charge < -0.3 is 5.11 Å². The lowest BCUT2D eigenvalue weighted by Gasteiger charge is -2.27. The van der Waals surface area contributed by atoms with Gasteiger partial charge in [0.05, 0.1) is 6.10 Å². The molecule has 1 N–H and O–H groups in total. The Kier molecular flexibility index (Phi) is 4.57. The highest BCUT2D eigenvalue weighted by Gasteiger charge is 2.26. The van der Waals surface area contributed by atoms with Crippen LogP contribution >= 0.6 is 0 Å². The summed E-state index contributed by atoms with van der Waals surface area (Å²) in [5.74, 6) is 0. The summed E-state index contributed by atoms with van der Waals surface area (Å²) < 4.78 is 0. The molecule has 2 nitrogen and oxygen atoms in total. The Balaban J connectivity index is 1.97. The molecule has 2 atom stereocenters. The van der Waals surface area contributed by atoms with Gasteiger partial charge in [-0.25, -0.2) is 0 Å². The number of rotatable bonds is 5. The topological polar surface area (TPSA) is 23.5 Å². The van der Waals surface area contributed by atoms with Crippen LogP contribution in [0.4, 0.5) is 0 Å². The highest BCUT2D eigenvalue weighted by atomic mass is 16.3. The Bertz CT molecular complexity index is 325. The molecule has 0 saturated carbocycles. The Hall–Kier alpha value is -0.860. The maximum atomic E-state index is 9.64. The minimum absolute atomic E-state index is 0.106. The van der Waals surface area contributed by atoms with Crippen LogP contribution in [0.15, 0.2) is 30.3 Å². The number of benzene rings is 1. The van der Waals surface area contributed by atoms with E-state index in [0.717, 1.165) is 25.9 Å². The third-order valence-corrected chi connectivity index (χ3v) is 3.65. The summed E-state index contributed by atoms with van der Waals surface area (Å²) in [5, 5.41) is 9.64. The van der Waals surface area contributed by atoms with Gasteiger partial charge in [-0.3, -0.25) is 4.90 Å². The lowest BCUT2D eigenvalue weighted by molar-refractivity contribution is 0.154. The van der Waals surface area contributed by atoms with E-state index in [4.69, 9.17) is 0 Å². The van der Waals surface area contributed by atoms with Crippen molar-refractivity contribution in [2.24, 2.45) is 0 Å². The summed E-state index contributed by atoms with van der Waals surface area (Å²) in [6, 6.07) is 11.3. The van der Waals surface area contributed by atoms with Gasteiger partial charge in [-0.05, 0) is 24.8 Å². The molecule has 0 aromatic heterocycles. The van der Waals surface area contributed by atoms with Crippen molar-refractivity contribution in [3.63, 3.8) is 0 Å². The highest BCUT2D eigenvalue weighted by molar-refractivity contribution is 5.16. The van der Waals surface area contributed by atoms with E-state index < -0.39 is 0 Å². The third kappa shape index (κ3) is 3.55. The summed E-state index contributed by atoms with van der Waals surface area (Å²) in [7, 11) is 0. The number of hydrogen-bond donors (Lipinski definition) is 1. The second-order valence-electron chi connectivity index (χ2n) is 5.07. The normalized spacial score (nSPS) is 22.8. The second-order valence-corrected chi connectivity index (χ2v) is 5.07. The summed E-state index contributed by atoms with van der Waals surface area (Å²) in [5.41, 5.74) is 1.41. The molecule has 0 bridgehead atoms. The van der Waals surface area contributed by atoms with Crippen molar-refractivity contribution in [1.29, 1.82) is 0 Å². The molecule has 0 radical (unpaired) electrons. The van der Waals surface area contributed by atoms with Gasteiger partial charge in [0.1, 0.15) is 0 Å². The zero-order valence-electron chi connectivity index (χ0n) is 10.7. The van der Waals surface area contributed by atoms with E-state index >= 15 is 0 Å². The van der Waals surface area contributed by atoms with Gasteiger partial charge in [-0.15, -0.1) is 0 Å². The average molecular weight is 233 g/mol. The quantitative estimate of drug-likeness (QED) is 0.844. The van der Waals surface area contributed by atoms with Crippen LogP contribution in [0.2, 0.25) is 0 Å². The number of β-amino-alcohol motifs (C(OH)–C–C–N with tert-alkyl or cyclic N) is 1. The molecular formula is C15H23NO. The number of aliphatic hydroxyl groups is 1. The molecule has 2 unspecified atom stereocenters. The largest absolute Gasteiger partial charge is 0.392 e. The van der Waals surface area contributed by atoms with Gasteiger partial charge in [-0.1, -0.05) is 43.7 Å². The SMILES string of the molecule is CCCC(Cc1ccccc1)N1CCC(O)C1. The van der Waals surface area contributed by atoms with Crippen molar-refractivity contribution in [3.05, 3.63) is 35.9 Å². The van der Waals surface area contributed by atoms with Crippen LogP contribution in [0.5, 0.6) is 0 Å². The monoisotopic (exact) mass is 233 g/mol. The van der Waals surface area contributed by atoms with Gasteiger partial charge in [0.2, 0.25) is 0 Å². The molecule has 0 spiro atoms. The smallest absolute Gasteiger partial charge is 0.0679 e. The summed E-state index contributed by atoms with van der Waals surface area (Å²) in [6.45, 7) is 4.15. The number of likely N-dealkylation sites (tertiary alicyclic amines) is 1. The fourth-order valence-corrected chi connectivity index (χ4v) is 2.73. The molecule has 0 amide bonds. The van der Waals surface area contributed by atoms with E-state index in [1.807, 2.05) is 0 Å². The van der Waals surface area contributed by atoms with Crippen LogP contribution in [0.1, 0.15) is 31.7 Å². The highest BCUT2D eigenvalue weighted by Crippen LogP contribution is 2.19. The maximum Gasteiger partial charge on any atom is 0.0679 e. The van der Waals surface area contributed by atoms with Crippen LogP contribution in [-0.4, -0.2) is 35.2 Å². The van der Waals surface area contributed by atoms with Gasteiger partial charge in [0.15, 0.2) is 0 Å². The van der Waals surface area contributed by atoms with E-state index in [2.05, 4.69) is 42.2 Å². The van der Waals surface area contributed by atoms with Gasteiger partial charge in [0, 0.05) is 19.1 Å². The van der Waals surface area contributed by atoms with E-state index in [1.54, 1.807) is 0 Å². The van der Waals surface area contributed by atoms with E-state index in [-0.39, 0.29) is 6.10 Å². The second kappa shape index (κ2) is 6.18. The van der Waals surface area contributed by atoms with Crippen LogP contribution < -0.4 is 0 Å². The first kappa shape index (κ1) is 12.6. The van der Waals surface area contributed by atoms with E-state index in [9.17, 15) is 5.11 Å². The molecule has 1 heterocycles. The van der Waals surface area contributed by atoms with Crippen molar-refractivity contribution in [2.45, 2.75) is 44.8 Å². The molecule has 1 aliphatic rings. The third-order valence-electron chi connectivity index (χ3n) is 3.65. The average Bonchev–Trinajstić information content (AvgIpc) is 2.77. The van der Waals surface area contributed by atoms with Crippen molar-refractivity contribution >= 4 is 0 Å². The zero-order chi connectivity index (χ0) is 12.1. The summed E-state index contributed by atoms with van der Waals surface area (Å²) >= 11 is 0. The molecule has 17 heavy (non-hydrogen) atoms. The number of nitrogens with zero attached hydrogens (tertiary/aromatic N) is 1. The first-order valence-corrected chi connectivity index (χ1v) is 6.75. The zero-order valence-corrected chi connectivity index (χ0v) is 10.7. The molecule has 0 aliphatic carbocycles. The summed E-state index contributed by atoms with van der Waals surface area (Å²) in [4.78, 5) is 2.46. The number of hydrogen-bond acceptors (Lipinski definition) is 2. The predicted molar refractivity (Wildman–Crippen MR) is 71.0 cm³/mol. The molecule has 1 aromatic rings. The van der Waals surface area contributed by atoms with Gasteiger partial charge in [0.25, 0.3) is 0 Å². The van der Waals surface area contributed by atoms with Gasteiger partial charge >= 0.3 is 0 Å². The van der Waals surface area contributed by atoms with Crippen molar-refractivity contribution in [3.8, 4) is 0 Å². The van der Waals surface area contributed by atoms with Gasteiger partial charge in [-0.2, -0.15) is 0 Å². The molecule has 1 saturated heterocycles. The lowest BCUT2D eigenvalue weighted by atomic mass is 10.0. The van der Waals surface area contributed by atoms with Crippen molar-refractivity contribution < 1.29 is 5.11 Å². The first-order valence-electron chi connectivity index (χ1n) is 6.75. The van der Waals surface area contributed by atoms with Crippen LogP contribution in [0.3, 0.4) is 0 Å². The molecular weight excluding hydrogens is 210 g/mol. The Morgan fingerprint density at radius 2 is 2.12 bits per heavy atom. The lowest BCUT2D eigenvalue weighted by Crippen LogP contribution is -2.35. The minimum Gasteiger partial charge on any atom is -0.392 e. The van der Waals surface area contributed by atoms with E-state index in [0.29, 0.717) is 6.04 Å². The number of aliphatic hydroxyl groups excluding tert-OH is 1. The Morgan fingerprint density at radius 1 is 1.35 bits per heavy atom.